The maximum atomic E-state index is 13.5. The van der Waals surface area contributed by atoms with Gasteiger partial charge in [0.1, 0.15) is 11.4 Å². The molecule has 0 saturated heterocycles. The van der Waals surface area contributed by atoms with Crippen LogP contribution in [0.4, 0.5) is 5.82 Å². The van der Waals surface area contributed by atoms with Crippen LogP contribution in [0.25, 0.3) is 22.6 Å². The van der Waals surface area contributed by atoms with E-state index in [0.29, 0.717) is 46.5 Å². The molecular formula is C29H24N4O7. The number of benzene rings is 2. The quantitative estimate of drug-likeness (QED) is 0.298. The van der Waals surface area contributed by atoms with Gasteiger partial charge in [0.15, 0.2) is 18.1 Å². The Hall–Kier alpha value is -5.19. The Labute approximate surface area is 227 Å². The van der Waals surface area contributed by atoms with Gasteiger partial charge in [-0.25, -0.2) is 14.6 Å². The molecule has 0 bridgehead atoms. The molecule has 2 aromatic carbocycles. The van der Waals surface area contributed by atoms with Gasteiger partial charge in [-0.05, 0) is 53.8 Å². The van der Waals surface area contributed by atoms with Gasteiger partial charge in [0.2, 0.25) is 12.6 Å². The summed E-state index contributed by atoms with van der Waals surface area (Å²) in [6.45, 7) is -0.537. The minimum absolute atomic E-state index is 0.184. The van der Waals surface area contributed by atoms with Gasteiger partial charge in [-0.15, -0.1) is 0 Å². The topological polar surface area (TPSA) is 145 Å². The number of Topliss-reactive ketones (excluding diaryl/α,β-unsaturated/α-hetero) is 1. The predicted molar refractivity (Wildman–Crippen MR) is 146 cm³/mol. The summed E-state index contributed by atoms with van der Waals surface area (Å²) < 4.78 is 18.1. The summed E-state index contributed by atoms with van der Waals surface area (Å²) in [4.78, 5) is 55.9. The molecule has 202 valence electrons. The van der Waals surface area contributed by atoms with E-state index in [4.69, 9.17) is 24.9 Å². The first-order chi connectivity index (χ1) is 19.2. The van der Waals surface area contributed by atoms with Gasteiger partial charge in [-0.1, -0.05) is 24.3 Å². The van der Waals surface area contributed by atoms with Crippen LogP contribution in [0, 0.1) is 0 Å². The lowest BCUT2D eigenvalue weighted by Gasteiger charge is -2.13. The molecule has 11 nitrogen and oxygen atoms in total. The van der Waals surface area contributed by atoms with Crippen LogP contribution < -0.4 is 26.5 Å². The maximum Gasteiger partial charge on any atom is 0.339 e. The summed E-state index contributed by atoms with van der Waals surface area (Å²) in [6.07, 6.45) is 3.21. The zero-order chi connectivity index (χ0) is 28.1. The van der Waals surface area contributed by atoms with Crippen molar-refractivity contribution >= 4 is 40.1 Å². The number of rotatable bonds is 5. The van der Waals surface area contributed by atoms with Gasteiger partial charge in [-0.3, -0.25) is 18.7 Å². The highest BCUT2D eigenvalue weighted by molar-refractivity contribution is 6.08. The van der Waals surface area contributed by atoms with Crippen LogP contribution in [0.2, 0.25) is 0 Å². The first-order valence-corrected chi connectivity index (χ1v) is 12.5. The molecule has 2 aliphatic rings. The number of ketones is 1. The Morgan fingerprint density at radius 3 is 2.62 bits per heavy atom. The number of ether oxygens (including phenoxy) is 3. The van der Waals surface area contributed by atoms with Crippen molar-refractivity contribution in [3.8, 4) is 11.5 Å². The van der Waals surface area contributed by atoms with Crippen LogP contribution in [-0.4, -0.2) is 39.3 Å². The number of pyridine rings is 1. The Balaban J connectivity index is 1.35. The van der Waals surface area contributed by atoms with Crippen LogP contribution in [0.3, 0.4) is 0 Å². The number of fused-ring (bicyclic) bond motifs is 3. The average Bonchev–Trinajstić information content (AvgIpc) is 3.59. The normalized spacial score (nSPS) is 14.5. The second-order valence-corrected chi connectivity index (χ2v) is 9.58. The van der Waals surface area contributed by atoms with Crippen molar-refractivity contribution in [1.82, 2.24) is 14.1 Å². The van der Waals surface area contributed by atoms with Crippen LogP contribution in [0.1, 0.15) is 44.0 Å². The first kappa shape index (κ1) is 25.1. The maximum absolute atomic E-state index is 13.5. The SMILES string of the molecule is Cn1c(N)c(C(=O)COC(=O)c2c3c(nc4ccccc24)/C(=C/c2ccc4c(c2)OCO4)CC3)c(=O)n(C)c1=O. The lowest BCUT2D eigenvalue weighted by Crippen LogP contribution is -2.42. The van der Waals surface area contributed by atoms with Gasteiger partial charge in [0.05, 0.1) is 16.8 Å². The second kappa shape index (κ2) is 9.53. The Morgan fingerprint density at radius 1 is 1.02 bits per heavy atom. The third-order valence-electron chi connectivity index (χ3n) is 7.21. The molecule has 0 saturated carbocycles. The van der Waals surface area contributed by atoms with E-state index in [9.17, 15) is 19.2 Å². The number of carbonyl (C=O) groups is 2. The van der Waals surface area contributed by atoms with Gasteiger partial charge in [0, 0.05) is 19.5 Å². The van der Waals surface area contributed by atoms with Gasteiger partial charge in [0.25, 0.3) is 5.56 Å². The third-order valence-corrected chi connectivity index (χ3v) is 7.21. The number of anilines is 1. The summed E-state index contributed by atoms with van der Waals surface area (Å²) >= 11 is 0. The zero-order valence-electron chi connectivity index (χ0n) is 21.7. The lowest BCUT2D eigenvalue weighted by atomic mass is 10.0. The number of para-hydroxylation sites is 1. The van der Waals surface area contributed by atoms with Crippen molar-refractivity contribution in [1.29, 1.82) is 0 Å². The molecule has 1 aliphatic carbocycles. The molecule has 11 heteroatoms. The molecule has 2 aromatic heterocycles. The number of allylic oxidation sites excluding steroid dienone is 1. The fourth-order valence-electron chi connectivity index (χ4n) is 5.11. The molecule has 0 atom stereocenters. The molecule has 0 unspecified atom stereocenters. The monoisotopic (exact) mass is 540 g/mol. The molecular weight excluding hydrogens is 516 g/mol. The molecule has 0 amide bonds. The Kier molecular flexibility index (Phi) is 5.98. The summed E-state index contributed by atoms with van der Waals surface area (Å²) in [6, 6.07) is 12.9. The van der Waals surface area contributed by atoms with Crippen LogP contribution in [0.5, 0.6) is 11.5 Å². The Bertz CT molecular complexity index is 1900. The van der Waals surface area contributed by atoms with E-state index in [1.54, 1.807) is 12.1 Å². The number of aromatic nitrogens is 3. The van der Waals surface area contributed by atoms with Gasteiger partial charge >= 0.3 is 11.7 Å². The largest absolute Gasteiger partial charge is 0.454 e. The first-order valence-electron chi connectivity index (χ1n) is 12.5. The molecule has 1 aliphatic heterocycles. The zero-order valence-corrected chi connectivity index (χ0v) is 21.7. The fourth-order valence-corrected chi connectivity index (χ4v) is 5.11. The van der Waals surface area contributed by atoms with E-state index in [0.717, 1.165) is 25.8 Å². The van der Waals surface area contributed by atoms with Crippen LogP contribution in [0.15, 0.2) is 52.1 Å². The predicted octanol–water partition coefficient (Wildman–Crippen LogP) is 2.47. The third kappa shape index (κ3) is 4.03. The summed E-state index contributed by atoms with van der Waals surface area (Å²) in [5.74, 6) is -0.451. The van der Waals surface area contributed by atoms with Crippen LogP contribution >= 0.6 is 0 Å². The lowest BCUT2D eigenvalue weighted by molar-refractivity contribution is 0.0475. The number of hydrogen-bond donors (Lipinski definition) is 1. The molecule has 3 heterocycles. The molecule has 40 heavy (non-hydrogen) atoms. The number of nitrogens with zero attached hydrogens (tertiary/aromatic N) is 3. The highest BCUT2D eigenvalue weighted by Crippen LogP contribution is 2.39. The van der Waals surface area contributed by atoms with Crippen molar-refractivity contribution in [2.24, 2.45) is 14.1 Å². The van der Waals surface area contributed by atoms with E-state index >= 15 is 0 Å². The number of esters is 1. The van der Waals surface area contributed by atoms with E-state index in [-0.39, 0.29) is 12.6 Å². The van der Waals surface area contributed by atoms with Crippen LogP contribution in [-0.2, 0) is 25.3 Å². The number of carbonyl (C=O) groups excluding carboxylic acids is 2. The molecule has 2 N–H and O–H groups in total. The highest BCUT2D eigenvalue weighted by atomic mass is 16.7. The average molecular weight is 541 g/mol. The molecule has 6 rings (SSSR count). The number of hydrogen-bond acceptors (Lipinski definition) is 9. The van der Waals surface area contributed by atoms with Crippen molar-refractivity contribution in [3.63, 3.8) is 0 Å². The van der Waals surface area contributed by atoms with E-state index in [1.807, 2.05) is 36.4 Å². The van der Waals surface area contributed by atoms with Crippen molar-refractivity contribution in [2.75, 3.05) is 19.1 Å². The Morgan fingerprint density at radius 2 is 1.80 bits per heavy atom. The summed E-state index contributed by atoms with van der Waals surface area (Å²) in [7, 11) is 2.59. The van der Waals surface area contributed by atoms with Gasteiger partial charge in [-0.2, -0.15) is 0 Å². The standard InChI is InChI=1S/C29H24N4O7/c1-32-26(30)24(27(35)33(2)29(32)37)20(34)13-38-28(36)23-17-5-3-4-6-19(17)31-25-16(8-9-18(23)25)11-15-7-10-21-22(12-15)40-14-39-21/h3-7,10-12H,8-9,13-14,30H2,1-2H3/b16-11+. The number of nitrogens with two attached hydrogens (primary N) is 1. The van der Waals surface area contributed by atoms with Crippen molar-refractivity contribution in [3.05, 3.63) is 91.3 Å². The molecule has 0 fully saturated rings. The molecule has 0 spiro atoms. The van der Waals surface area contributed by atoms with E-state index in [1.165, 1.54) is 14.1 Å². The summed E-state index contributed by atoms with van der Waals surface area (Å²) in [5.41, 5.74) is 8.16. The molecule has 4 aromatic rings. The fraction of sp³-hybridized carbons (Fsp3) is 0.207. The minimum Gasteiger partial charge on any atom is -0.454 e. The van der Waals surface area contributed by atoms with Gasteiger partial charge < -0.3 is 19.9 Å². The van der Waals surface area contributed by atoms with E-state index in [2.05, 4.69) is 0 Å². The summed E-state index contributed by atoms with van der Waals surface area (Å²) in [5, 5.41) is 0.598. The molecule has 0 radical (unpaired) electrons. The number of nitrogen functional groups attached to an aromatic ring is 1. The van der Waals surface area contributed by atoms with E-state index < -0.39 is 35.2 Å². The second-order valence-electron chi connectivity index (χ2n) is 9.58. The highest BCUT2D eigenvalue weighted by Gasteiger charge is 2.29. The van der Waals surface area contributed by atoms with Crippen molar-refractivity contribution in [2.45, 2.75) is 12.8 Å². The van der Waals surface area contributed by atoms with Crippen molar-refractivity contribution < 1.29 is 23.8 Å². The smallest absolute Gasteiger partial charge is 0.339 e. The minimum atomic E-state index is -0.852.